The highest BCUT2D eigenvalue weighted by atomic mass is 16.2. The van der Waals surface area contributed by atoms with Gasteiger partial charge in [0.25, 0.3) is 0 Å². The zero-order chi connectivity index (χ0) is 19.4. The van der Waals surface area contributed by atoms with Crippen molar-refractivity contribution in [2.45, 2.75) is 44.1 Å². The third-order valence-corrected chi connectivity index (χ3v) is 5.88. The number of carbonyl (C=O) groups excluding carboxylic acids is 2. The molecule has 2 aliphatic carbocycles. The highest BCUT2D eigenvalue weighted by molar-refractivity contribution is 5.94. The largest absolute Gasteiger partial charge is 0.337 e. The molecule has 2 aliphatic rings. The molecule has 5 nitrogen and oxygen atoms in total. The molecule has 2 fully saturated rings. The molecule has 2 aromatic carbocycles. The molecule has 0 aromatic heterocycles. The Morgan fingerprint density at radius 3 is 2.43 bits per heavy atom. The van der Waals surface area contributed by atoms with Crippen LogP contribution in [0.5, 0.6) is 0 Å². The molecule has 2 saturated carbocycles. The van der Waals surface area contributed by atoms with Crippen molar-refractivity contribution in [2.75, 3.05) is 11.9 Å². The van der Waals surface area contributed by atoms with Crippen LogP contribution in [0.15, 0.2) is 54.6 Å². The Kier molecular flexibility index (Phi) is 5.33. The average molecular weight is 377 g/mol. The summed E-state index contributed by atoms with van der Waals surface area (Å²) in [4.78, 5) is 24.2. The Balaban J connectivity index is 1.27. The summed E-state index contributed by atoms with van der Waals surface area (Å²) < 4.78 is 0. The summed E-state index contributed by atoms with van der Waals surface area (Å²) in [7, 11) is 0. The number of rotatable bonds is 7. The van der Waals surface area contributed by atoms with E-state index < -0.39 is 0 Å². The van der Waals surface area contributed by atoms with E-state index in [4.69, 9.17) is 0 Å². The number of nitrogens with one attached hydrogen (secondary N) is 3. The van der Waals surface area contributed by atoms with Gasteiger partial charge in [0.2, 0.25) is 5.91 Å². The first-order chi connectivity index (χ1) is 13.6. The summed E-state index contributed by atoms with van der Waals surface area (Å²) in [5.41, 5.74) is 3.13. The second-order valence-corrected chi connectivity index (χ2v) is 8.00. The highest BCUT2D eigenvalue weighted by Crippen LogP contribution is 2.43. The van der Waals surface area contributed by atoms with Crippen LogP contribution in [-0.4, -0.2) is 18.5 Å². The maximum absolute atomic E-state index is 12.3. The van der Waals surface area contributed by atoms with Crippen molar-refractivity contribution in [3.63, 3.8) is 0 Å². The van der Waals surface area contributed by atoms with E-state index in [1.807, 2.05) is 30.3 Å². The first-order valence-electron chi connectivity index (χ1n) is 10.1. The van der Waals surface area contributed by atoms with Gasteiger partial charge < -0.3 is 16.0 Å². The maximum Gasteiger partial charge on any atom is 0.315 e. The van der Waals surface area contributed by atoms with Gasteiger partial charge in [-0.3, -0.25) is 4.79 Å². The third kappa shape index (κ3) is 4.35. The lowest BCUT2D eigenvalue weighted by Crippen LogP contribution is -2.48. The van der Waals surface area contributed by atoms with Crippen LogP contribution in [0.3, 0.4) is 0 Å². The van der Waals surface area contributed by atoms with Crippen molar-refractivity contribution in [1.82, 2.24) is 10.6 Å². The van der Waals surface area contributed by atoms with Crippen molar-refractivity contribution >= 4 is 17.6 Å². The van der Waals surface area contributed by atoms with Gasteiger partial charge in [-0.2, -0.15) is 0 Å². The summed E-state index contributed by atoms with van der Waals surface area (Å²) >= 11 is 0. The van der Waals surface area contributed by atoms with Crippen molar-refractivity contribution in [2.24, 2.45) is 5.92 Å². The summed E-state index contributed by atoms with van der Waals surface area (Å²) in [5.74, 6) is 0.269. The van der Waals surface area contributed by atoms with E-state index in [1.165, 1.54) is 12.0 Å². The fraction of sp³-hybridized carbons (Fsp3) is 0.391. The van der Waals surface area contributed by atoms with Gasteiger partial charge in [0.15, 0.2) is 0 Å². The number of anilines is 1. The van der Waals surface area contributed by atoms with Crippen LogP contribution in [0.1, 0.15) is 43.2 Å². The second-order valence-electron chi connectivity index (χ2n) is 8.00. The molecule has 4 rings (SSSR count). The minimum Gasteiger partial charge on any atom is -0.337 e. The Labute approximate surface area is 165 Å². The first-order valence-corrected chi connectivity index (χ1v) is 10.1. The van der Waals surface area contributed by atoms with Gasteiger partial charge in [0.05, 0.1) is 0 Å². The van der Waals surface area contributed by atoms with Gasteiger partial charge in [0, 0.05) is 30.1 Å². The Bertz CT molecular complexity index is 842. The first kappa shape index (κ1) is 18.5. The second kappa shape index (κ2) is 8.05. The molecule has 0 atom stereocenters. The van der Waals surface area contributed by atoms with Gasteiger partial charge in [0.1, 0.15) is 0 Å². The van der Waals surface area contributed by atoms with Crippen LogP contribution in [0.25, 0.3) is 0 Å². The van der Waals surface area contributed by atoms with E-state index in [9.17, 15) is 9.59 Å². The molecule has 0 spiro atoms. The van der Waals surface area contributed by atoms with Crippen LogP contribution in [0.4, 0.5) is 10.5 Å². The number of amides is 3. The zero-order valence-corrected chi connectivity index (χ0v) is 16.0. The summed E-state index contributed by atoms with van der Waals surface area (Å²) in [6, 6.07) is 17.9. The molecule has 3 N–H and O–H groups in total. The van der Waals surface area contributed by atoms with Gasteiger partial charge in [-0.25, -0.2) is 4.79 Å². The summed E-state index contributed by atoms with van der Waals surface area (Å²) in [6.07, 6.45) is 5.40. The van der Waals surface area contributed by atoms with Crippen molar-refractivity contribution < 1.29 is 9.59 Å². The molecule has 146 valence electrons. The topological polar surface area (TPSA) is 70.2 Å². The normalized spacial score (nSPS) is 17.3. The van der Waals surface area contributed by atoms with Crippen LogP contribution in [0, 0.1) is 5.92 Å². The number of hydrogen-bond donors (Lipinski definition) is 3. The summed E-state index contributed by atoms with van der Waals surface area (Å²) in [5, 5.41) is 8.91. The molecular formula is C23H27N3O2. The molecule has 0 saturated heterocycles. The standard InChI is InChI=1S/C23H27N3O2/c27-21(18-10-11-18)26-20-9-4-6-17(14-20)15-24-22(28)25-16-23(12-5-13-23)19-7-2-1-3-8-19/h1-4,6-9,14,18H,5,10-13,15-16H2,(H,26,27)(H2,24,25,28). The fourth-order valence-corrected chi connectivity index (χ4v) is 3.81. The third-order valence-electron chi connectivity index (χ3n) is 5.88. The number of urea groups is 1. The lowest BCUT2D eigenvalue weighted by Gasteiger charge is -2.42. The fourth-order valence-electron chi connectivity index (χ4n) is 3.81. The van der Waals surface area contributed by atoms with Crippen LogP contribution in [-0.2, 0) is 16.8 Å². The van der Waals surface area contributed by atoms with Gasteiger partial charge in [-0.15, -0.1) is 0 Å². The Morgan fingerprint density at radius 1 is 0.964 bits per heavy atom. The average Bonchev–Trinajstić information content (AvgIpc) is 3.52. The molecule has 2 aromatic rings. The van der Waals surface area contributed by atoms with Crippen molar-refractivity contribution in [3.8, 4) is 0 Å². The zero-order valence-electron chi connectivity index (χ0n) is 16.0. The SMILES string of the molecule is O=C(NCc1cccc(NC(=O)C2CC2)c1)NCC1(c2ccccc2)CCC1. The molecule has 0 aliphatic heterocycles. The molecule has 0 radical (unpaired) electrons. The molecule has 0 unspecified atom stereocenters. The van der Waals surface area contributed by atoms with Crippen LogP contribution >= 0.6 is 0 Å². The van der Waals surface area contributed by atoms with Gasteiger partial charge in [-0.1, -0.05) is 48.9 Å². The minimum atomic E-state index is -0.158. The van der Waals surface area contributed by atoms with Gasteiger partial charge >= 0.3 is 6.03 Å². The van der Waals surface area contributed by atoms with Crippen LogP contribution in [0.2, 0.25) is 0 Å². The van der Waals surface area contributed by atoms with E-state index in [1.54, 1.807) is 0 Å². The quantitative estimate of drug-likeness (QED) is 0.684. The molecule has 0 heterocycles. The molecule has 5 heteroatoms. The van der Waals surface area contributed by atoms with E-state index in [0.717, 1.165) is 36.9 Å². The lowest BCUT2D eigenvalue weighted by molar-refractivity contribution is -0.117. The molecular weight excluding hydrogens is 350 g/mol. The maximum atomic E-state index is 12.3. The van der Waals surface area contributed by atoms with Crippen LogP contribution < -0.4 is 16.0 Å². The van der Waals surface area contributed by atoms with E-state index in [-0.39, 0.29) is 23.3 Å². The Morgan fingerprint density at radius 2 is 1.75 bits per heavy atom. The van der Waals surface area contributed by atoms with E-state index in [2.05, 4.69) is 40.2 Å². The van der Waals surface area contributed by atoms with Gasteiger partial charge in [-0.05, 0) is 48.9 Å². The Hall–Kier alpha value is -2.82. The van der Waals surface area contributed by atoms with E-state index in [0.29, 0.717) is 13.1 Å². The van der Waals surface area contributed by atoms with E-state index >= 15 is 0 Å². The minimum absolute atomic E-state index is 0.0750. The highest BCUT2D eigenvalue weighted by Gasteiger charge is 2.38. The lowest BCUT2D eigenvalue weighted by atomic mass is 9.64. The molecule has 28 heavy (non-hydrogen) atoms. The number of carbonyl (C=O) groups is 2. The predicted octanol–water partition coefficient (Wildman–Crippen LogP) is 3.96. The summed E-state index contributed by atoms with van der Waals surface area (Å²) in [6.45, 7) is 1.08. The van der Waals surface area contributed by atoms with Crippen molar-refractivity contribution in [1.29, 1.82) is 0 Å². The molecule has 0 bridgehead atoms. The van der Waals surface area contributed by atoms with Crippen molar-refractivity contribution in [3.05, 3.63) is 65.7 Å². The monoisotopic (exact) mass is 377 g/mol. The smallest absolute Gasteiger partial charge is 0.315 e. The number of benzene rings is 2. The number of hydrogen-bond acceptors (Lipinski definition) is 2. The predicted molar refractivity (Wildman–Crippen MR) is 110 cm³/mol. The molecule has 3 amide bonds.